The normalized spacial score (nSPS) is 18.1. The molecule has 2 aromatic heterocycles. The van der Waals surface area contributed by atoms with Gasteiger partial charge >= 0.3 is 6.03 Å². The summed E-state index contributed by atoms with van der Waals surface area (Å²) in [5, 5.41) is 6.16. The lowest BCUT2D eigenvalue weighted by Crippen LogP contribution is -2.50. The van der Waals surface area contributed by atoms with E-state index in [1.165, 1.54) is 0 Å². The number of fused-ring (bicyclic) bond motifs is 1. The molecule has 3 aromatic rings. The van der Waals surface area contributed by atoms with Crippen molar-refractivity contribution >= 4 is 41.0 Å². The number of anilines is 2. The van der Waals surface area contributed by atoms with Crippen LogP contribution < -0.4 is 10.6 Å². The number of aromatic nitrogens is 2. The Bertz CT molecular complexity index is 1280. The number of nitrogens with zero attached hydrogens (tertiary/aromatic N) is 4. The molecule has 0 aliphatic carbocycles. The van der Waals surface area contributed by atoms with E-state index in [4.69, 9.17) is 11.6 Å². The topological polar surface area (TPSA) is 108 Å². The van der Waals surface area contributed by atoms with Crippen LogP contribution in [0.2, 0.25) is 5.02 Å². The number of benzene rings is 1. The molecule has 1 unspecified atom stereocenters. The zero-order chi connectivity index (χ0) is 25.8. The number of amides is 4. The van der Waals surface area contributed by atoms with Crippen LogP contribution in [-0.4, -0.2) is 63.3 Å². The fraction of sp³-hybridized carbons (Fsp3) is 0.296. The van der Waals surface area contributed by atoms with Gasteiger partial charge in [-0.1, -0.05) is 23.7 Å². The summed E-state index contributed by atoms with van der Waals surface area (Å²) in [7, 11) is 0. The molecule has 190 valence electrons. The van der Waals surface area contributed by atoms with Gasteiger partial charge in [0.2, 0.25) is 5.91 Å². The fourth-order valence-electron chi connectivity index (χ4n) is 4.81. The lowest BCUT2D eigenvalue weighted by molar-refractivity contribution is -0.120. The maximum Gasteiger partial charge on any atom is 0.323 e. The van der Waals surface area contributed by atoms with Gasteiger partial charge < -0.3 is 15.1 Å². The van der Waals surface area contributed by atoms with Crippen LogP contribution in [0.25, 0.3) is 0 Å². The Hall–Kier alpha value is -3.98. The van der Waals surface area contributed by atoms with Crippen LogP contribution in [0.4, 0.5) is 16.3 Å². The highest BCUT2D eigenvalue weighted by molar-refractivity contribution is 6.31. The van der Waals surface area contributed by atoms with E-state index in [9.17, 15) is 14.4 Å². The average molecular weight is 519 g/mol. The molecule has 1 saturated heterocycles. The maximum absolute atomic E-state index is 13.7. The van der Waals surface area contributed by atoms with Crippen LogP contribution in [0.15, 0.2) is 67.0 Å². The van der Waals surface area contributed by atoms with Crippen molar-refractivity contribution in [2.45, 2.75) is 25.3 Å². The number of carbonyl (C=O) groups excluding carboxylic acids is 3. The highest BCUT2D eigenvalue weighted by atomic mass is 35.5. The summed E-state index contributed by atoms with van der Waals surface area (Å²) in [6.07, 6.45) is 5.03. The highest BCUT2D eigenvalue weighted by Gasteiger charge is 2.37. The third kappa shape index (κ3) is 5.72. The van der Waals surface area contributed by atoms with Gasteiger partial charge in [0.25, 0.3) is 5.91 Å². The number of pyridine rings is 2. The molecule has 4 heterocycles. The van der Waals surface area contributed by atoms with E-state index in [-0.39, 0.29) is 23.8 Å². The predicted molar refractivity (Wildman–Crippen MR) is 140 cm³/mol. The van der Waals surface area contributed by atoms with Crippen molar-refractivity contribution in [2.75, 3.05) is 30.3 Å². The third-order valence-corrected chi connectivity index (χ3v) is 7.03. The Kier molecular flexibility index (Phi) is 7.32. The predicted octanol–water partition coefficient (Wildman–Crippen LogP) is 4.08. The largest absolute Gasteiger partial charge is 0.326 e. The van der Waals surface area contributed by atoms with Crippen molar-refractivity contribution in [3.05, 3.63) is 83.3 Å². The van der Waals surface area contributed by atoms with Gasteiger partial charge in [-0.2, -0.15) is 0 Å². The molecule has 37 heavy (non-hydrogen) atoms. The molecule has 0 saturated carbocycles. The molecule has 2 N–H and O–H groups in total. The van der Waals surface area contributed by atoms with E-state index in [0.29, 0.717) is 61.0 Å². The zero-order valence-electron chi connectivity index (χ0n) is 20.1. The van der Waals surface area contributed by atoms with E-state index < -0.39 is 6.04 Å². The van der Waals surface area contributed by atoms with Gasteiger partial charge in [-0.25, -0.2) is 9.78 Å². The number of hydrogen-bond donors (Lipinski definition) is 2. The van der Waals surface area contributed by atoms with Crippen LogP contribution in [0, 0.1) is 5.92 Å². The van der Waals surface area contributed by atoms with Gasteiger partial charge in [-0.05, 0) is 61.2 Å². The van der Waals surface area contributed by atoms with Crippen LogP contribution in [0.1, 0.15) is 28.9 Å². The molecule has 2 aliphatic rings. The molecule has 0 radical (unpaired) electrons. The second kappa shape index (κ2) is 11.0. The highest BCUT2D eigenvalue weighted by Crippen LogP contribution is 2.29. The molecular weight excluding hydrogens is 492 g/mol. The monoisotopic (exact) mass is 518 g/mol. The SMILES string of the molecule is O=C1Nc2cc(Cl)ccc2C(=O)N(CC2CCN(C(=O)Nc3ccccn3)CC2)C1Cc1ccccn1. The standard InChI is InChI=1S/C27H27ClN6O3/c28-19-7-8-21-22(15-19)31-25(35)23(16-20-5-1-3-11-29-20)34(26(21)36)17-18-9-13-33(14-10-18)27(37)32-24-6-2-4-12-30-24/h1-8,11-12,15,18,23H,9-10,13-14,16-17H2,(H,31,35)(H,30,32,37). The molecule has 1 fully saturated rings. The van der Waals surface area contributed by atoms with Crippen molar-refractivity contribution in [2.24, 2.45) is 5.92 Å². The number of likely N-dealkylation sites (tertiary alicyclic amines) is 1. The number of halogens is 1. The first-order chi connectivity index (χ1) is 18.0. The molecule has 1 atom stereocenters. The first-order valence-corrected chi connectivity index (χ1v) is 12.6. The lowest BCUT2D eigenvalue weighted by atomic mass is 9.94. The average Bonchev–Trinajstić information content (AvgIpc) is 3.00. The third-order valence-electron chi connectivity index (χ3n) is 6.79. The van der Waals surface area contributed by atoms with E-state index in [1.807, 2.05) is 24.3 Å². The molecule has 9 nitrogen and oxygen atoms in total. The van der Waals surface area contributed by atoms with E-state index in [2.05, 4.69) is 20.6 Å². The summed E-state index contributed by atoms with van der Waals surface area (Å²) in [6, 6.07) is 14.9. The van der Waals surface area contributed by atoms with Gasteiger partial charge in [0, 0.05) is 49.2 Å². The van der Waals surface area contributed by atoms with E-state index in [1.54, 1.807) is 52.5 Å². The molecule has 5 rings (SSSR count). The quantitative estimate of drug-likeness (QED) is 0.529. The van der Waals surface area contributed by atoms with Crippen molar-refractivity contribution in [1.82, 2.24) is 19.8 Å². The van der Waals surface area contributed by atoms with Crippen LogP contribution in [-0.2, 0) is 11.2 Å². The van der Waals surface area contributed by atoms with Crippen LogP contribution in [0.5, 0.6) is 0 Å². The number of carbonyl (C=O) groups is 3. The Labute approximate surface area is 219 Å². The molecule has 4 amide bonds. The summed E-state index contributed by atoms with van der Waals surface area (Å²) < 4.78 is 0. The number of rotatable bonds is 5. The fourth-order valence-corrected chi connectivity index (χ4v) is 4.98. The van der Waals surface area contributed by atoms with Crippen LogP contribution >= 0.6 is 11.6 Å². The molecule has 2 aliphatic heterocycles. The Balaban J connectivity index is 1.31. The molecule has 0 spiro atoms. The number of piperidine rings is 1. The molecule has 0 bridgehead atoms. The van der Waals surface area contributed by atoms with Crippen molar-refractivity contribution in [3.8, 4) is 0 Å². The van der Waals surface area contributed by atoms with Gasteiger partial charge in [0.15, 0.2) is 0 Å². The molecule has 10 heteroatoms. The summed E-state index contributed by atoms with van der Waals surface area (Å²) in [5.41, 5.74) is 1.55. The Morgan fingerprint density at radius 2 is 1.78 bits per heavy atom. The summed E-state index contributed by atoms with van der Waals surface area (Å²) in [6.45, 7) is 1.50. The second-order valence-electron chi connectivity index (χ2n) is 9.25. The van der Waals surface area contributed by atoms with Crippen molar-refractivity contribution in [3.63, 3.8) is 0 Å². The van der Waals surface area contributed by atoms with Crippen molar-refractivity contribution in [1.29, 1.82) is 0 Å². The summed E-state index contributed by atoms with van der Waals surface area (Å²) in [5.74, 6) is 0.149. The van der Waals surface area contributed by atoms with Gasteiger partial charge in [0.1, 0.15) is 11.9 Å². The first kappa shape index (κ1) is 24.7. The van der Waals surface area contributed by atoms with E-state index >= 15 is 0 Å². The summed E-state index contributed by atoms with van der Waals surface area (Å²) >= 11 is 6.15. The summed E-state index contributed by atoms with van der Waals surface area (Å²) in [4.78, 5) is 51.7. The molecular formula is C27H27ClN6O3. The minimum absolute atomic E-state index is 0.135. The second-order valence-corrected chi connectivity index (χ2v) is 9.69. The van der Waals surface area contributed by atoms with Gasteiger partial charge in [-0.15, -0.1) is 0 Å². The maximum atomic E-state index is 13.7. The number of urea groups is 1. The Morgan fingerprint density at radius 3 is 2.49 bits per heavy atom. The van der Waals surface area contributed by atoms with E-state index in [0.717, 1.165) is 5.69 Å². The zero-order valence-corrected chi connectivity index (χ0v) is 20.9. The lowest BCUT2D eigenvalue weighted by Gasteiger charge is -2.36. The molecule has 1 aromatic carbocycles. The number of nitrogens with one attached hydrogen (secondary N) is 2. The first-order valence-electron chi connectivity index (χ1n) is 12.3. The minimum Gasteiger partial charge on any atom is -0.326 e. The number of hydrogen-bond acceptors (Lipinski definition) is 5. The minimum atomic E-state index is -0.723. The smallest absolute Gasteiger partial charge is 0.323 e. The van der Waals surface area contributed by atoms with Gasteiger partial charge in [-0.3, -0.25) is 19.9 Å². The van der Waals surface area contributed by atoms with Gasteiger partial charge in [0.05, 0.1) is 11.3 Å². The Morgan fingerprint density at radius 1 is 1.03 bits per heavy atom. The van der Waals surface area contributed by atoms with Crippen molar-refractivity contribution < 1.29 is 14.4 Å². The van der Waals surface area contributed by atoms with Crippen LogP contribution in [0.3, 0.4) is 0 Å².